The molecule has 2 rings (SSSR count). The summed E-state index contributed by atoms with van der Waals surface area (Å²) in [5, 5.41) is 7.40. The predicted octanol–water partition coefficient (Wildman–Crippen LogP) is 2.83. The first kappa shape index (κ1) is 15.5. The van der Waals surface area contributed by atoms with E-state index in [-0.39, 0.29) is 0 Å². The van der Waals surface area contributed by atoms with Crippen LogP contribution in [0, 0.1) is 4.77 Å². The lowest BCUT2D eigenvalue weighted by atomic mass is 10.3. The molecule has 1 N–H and O–H groups in total. The monoisotopic (exact) mass is 297 g/mol. The number of nitrogens with zero attached hydrogens (tertiary/aromatic N) is 4. The van der Waals surface area contributed by atoms with Gasteiger partial charge < -0.3 is 9.80 Å². The third kappa shape index (κ3) is 3.61. The van der Waals surface area contributed by atoms with Crippen LogP contribution in [0.25, 0.3) is 0 Å². The van der Waals surface area contributed by atoms with Crippen molar-refractivity contribution in [2.45, 2.75) is 46.1 Å². The highest BCUT2D eigenvalue weighted by molar-refractivity contribution is 7.71. The summed E-state index contributed by atoms with van der Waals surface area (Å²) in [6.45, 7) is 12.1. The Morgan fingerprint density at radius 1 is 1.20 bits per heavy atom. The van der Waals surface area contributed by atoms with E-state index in [9.17, 15) is 0 Å². The molecule has 1 aromatic heterocycles. The molecule has 1 saturated carbocycles. The van der Waals surface area contributed by atoms with E-state index >= 15 is 0 Å². The summed E-state index contributed by atoms with van der Waals surface area (Å²) >= 11 is 5.36. The Kier molecular flexibility index (Phi) is 5.60. The molecule has 1 aromatic rings. The van der Waals surface area contributed by atoms with Gasteiger partial charge in [-0.1, -0.05) is 13.8 Å². The molecule has 5 nitrogen and oxygen atoms in total. The number of anilines is 1. The molecule has 1 aliphatic carbocycles. The second-order valence-electron chi connectivity index (χ2n) is 5.39. The maximum absolute atomic E-state index is 5.36. The molecule has 6 heteroatoms. The average Bonchev–Trinajstić information content (AvgIpc) is 3.23. The SMILES string of the molecule is CCN(CC)CCCN(CC)c1n[nH]c(=S)n1C1CC1. The maximum atomic E-state index is 5.36. The Morgan fingerprint density at radius 3 is 2.45 bits per heavy atom. The Labute approximate surface area is 127 Å². The van der Waals surface area contributed by atoms with Crippen molar-refractivity contribution in [2.75, 3.05) is 37.6 Å². The maximum Gasteiger partial charge on any atom is 0.225 e. The zero-order chi connectivity index (χ0) is 14.5. The number of hydrogen-bond donors (Lipinski definition) is 1. The number of H-pyrrole nitrogens is 1. The van der Waals surface area contributed by atoms with E-state index in [1.54, 1.807) is 0 Å². The molecule has 1 heterocycles. The lowest BCUT2D eigenvalue weighted by molar-refractivity contribution is 0.300. The van der Waals surface area contributed by atoms with E-state index in [0.29, 0.717) is 6.04 Å². The van der Waals surface area contributed by atoms with Crippen molar-refractivity contribution >= 4 is 18.2 Å². The minimum atomic E-state index is 0.577. The van der Waals surface area contributed by atoms with Crippen molar-refractivity contribution in [2.24, 2.45) is 0 Å². The Balaban J connectivity index is 1.96. The molecule has 20 heavy (non-hydrogen) atoms. The second-order valence-corrected chi connectivity index (χ2v) is 5.78. The highest BCUT2D eigenvalue weighted by atomic mass is 32.1. The van der Waals surface area contributed by atoms with Crippen LogP contribution in [0.3, 0.4) is 0 Å². The Hall–Kier alpha value is -0.880. The topological polar surface area (TPSA) is 40.1 Å². The van der Waals surface area contributed by atoms with Crippen LogP contribution in [0.2, 0.25) is 0 Å². The van der Waals surface area contributed by atoms with Gasteiger partial charge in [-0.2, -0.15) is 0 Å². The fourth-order valence-electron chi connectivity index (χ4n) is 2.61. The van der Waals surface area contributed by atoms with Gasteiger partial charge in [-0.25, -0.2) is 5.10 Å². The van der Waals surface area contributed by atoms with Crippen LogP contribution >= 0.6 is 12.2 Å². The smallest absolute Gasteiger partial charge is 0.225 e. The molecule has 1 aliphatic rings. The number of aromatic nitrogens is 3. The summed E-state index contributed by atoms with van der Waals surface area (Å²) in [7, 11) is 0. The minimum absolute atomic E-state index is 0.577. The Morgan fingerprint density at radius 2 is 1.90 bits per heavy atom. The summed E-state index contributed by atoms with van der Waals surface area (Å²) in [6.07, 6.45) is 3.63. The van der Waals surface area contributed by atoms with Crippen molar-refractivity contribution in [3.63, 3.8) is 0 Å². The summed E-state index contributed by atoms with van der Waals surface area (Å²) < 4.78 is 2.97. The highest BCUT2D eigenvalue weighted by Gasteiger charge is 2.28. The van der Waals surface area contributed by atoms with E-state index < -0.39 is 0 Å². The molecule has 0 saturated heterocycles. The summed E-state index contributed by atoms with van der Waals surface area (Å²) in [4.78, 5) is 4.81. The van der Waals surface area contributed by atoms with E-state index in [1.165, 1.54) is 19.3 Å². The number of rotatable bonds is 9. The molecule has 0 radical (unpaired) electrons. The van der Waals surface area contributed by atoms with Crippen LogP contribution in [-0.2, 0) is 0 Å². The average molecular weight is 297 g/mol. The van der Waals surface area contributed by atoms with Crippen LogP contribution in [0.5, 0.6) is 0 Å². The molecule has 0 unspecified atom stereocenters. The second kappa shape index (κ2) is 7.22. The zero-order valence-corrected chi connectivity index (χ0v) is 13.7. The van der Waals surface area contributed by atoms with Gasteiger partial charge in [-0.05, 0) is 58.0 Å². The fraction of sp³-hybridized carbons (Fsp3) is 0.857. The molecule has 0 spiro atoms. The van der Waals surface area contributed by atoms with E-state index in [4.69, 9.17) is 12.2 Å². The van der Waals surface area contributed by atoms with Gasteiger partial charge in [-0.15, -0.1) is 5.10 Å². The molecule has 0 atom stereocenters. The minimum Gasteiger partial charge on any atom is -0.341 e. The first-order valence-electron chi connectivity index (χ1n) is 7.85. The summed E-state index contributed by atoms with van der Waals surface area (Å²) in [6, 6.07) is 0.577. The molecule has 1 fully saturated rings. The van der Waals surface area contributed by atoms with Crippen LogP contribution in [0.4, 0.5) is 5.95 Å². The molecular weight excluding hydrogens is 270 g/mol. The third-order valence-electron chi connectivity index (χ3n) is 4.06. The summed E-state index contributed by atoms with van der Waals surface area (Å²) in [5.74, 6) is 1.03. The van der Waals surface area contributed by atoms with Gasteiger partial charge in [0, 0.05) is 19.1 Å². The number of nitrogens with one attached hydrogen (secondary N) is 1. The van der Waals surface area contributed by atoms with Crippen LogP contribution in [-0.4, -0.2) is 52.4 Å². The lowest BCUT2D eigenvalue weighted by Gasteiger charge is -2.24. The van der Waals surface area contributed by atoms with Crippen molar-refractivity contribution in [3.05, 3.63) is 4.77 Å². The van der Waals surface area contributed by atoms with Gasteiger partial charge in [0.25, 0.3) is 0 Å². The standard InChI is InChI=1S/C14H27N5S/c1-4-17(5-2)10-7-11-18(6-3)13-15-16-14(20)19(13)12-8-9-12/h12H,4-11H2,1-3H3,(H,16,20). The molecule has 0 bridgehead atoms. The zero-order valence-electron chi connectivity index (χ0n) is 12.9. The van der Waals surface area contributed by atoms with Crippen molar-refractivity contribution < 1.29 is 0 Å². The van der Waals surface area contributed by atoms with Crippen molar-refractivity contribution in [3.8, 4) is 0 Å². The molecular formula is C14H27N5S. The molecule has 0 aliphatic heterocycles. The van der Waals surface area contributed by atoms with Crippen LogP contribution in [0.15, 0.2) is 0 Å². The van der Waals surface area contributed by atoms with Gasteiger partial charge in [0.1, 0.15) is 0 Å². The highest BCUT2D eigenvalue weighted by Crippen LogP contribution is 2.37. The first-order valence-corrected chi connectivity index (χ1v) is 8.26. The van der Waals surface area contributed by atoms with Crippen molar-refractivity contribution in [1.82, 2.24) is 19.7 Å². The third-order valence-corrected chi connectivity index (χ3v) is 4.35. The van der Waals surface area contributed by atoms with Gasteiger partial charge in [0.15, 0.2) is 4.77 Å². The largest absolute Gasteiger partial charge is 0.341 e. The predicted molar refractivity (Wildman–Crippen MR) is 86.0 cm³/mol. The summed E-state index contributed by atoms with van der Waals surface area (Å²) in [5.41, 5.74) is 0. The van der Waals surface area contributed by atoms with Gasteiger partial charge >= 0.3 is 0 Å². The van der Waals surface area contributed by atoms with Gasteiger partial charge in [0.05, 0.1) is 0 Å². The lowest BCUT2D eigenvalue weighted by Crippen LogP contribution is -2.31. The van der Waals surface area contributed by atoms with Crippen LogP contribution < -0.4 is 4.90 Å². The first-order chi connectivity index (χ1) is 9.71. The van der Waals surface area contributed by atoms with Crippen molar-refractivity contribution in [1.29, 1.82) is 0 Å². The quantitative estimate of drug-likeness (QED) is 0.712. The molecule has 0 aromatic carbocycles. The van der Waals surface area contributed by atoms with Gasteiger partial charge in [-0.3, -0.25) is 4.57 Å². The normalized spacial score (nSPS) is 15.0. The number of aromatic amines is 1. The molecule has 114 valence electrons. The Bertz CT molecular complexity index is 458. The van der Waals surface area contributed by atoms with E-state index in [0.717, 1.165) is 43.4 Å². The van der Waals surface area contributed by atoms with Crippen LogP contribution in [0.1, 0.15) is 46.1 Å². The number of hydrogen-bond acceptors (Lipinski definition) is 4. The fourth-order valence-corrected chi connectivity index (χ4v) is 2.88. The molecule has 0 amide bonds. The van der Waals surface area contributed by atoms with Gasteiger partial charge in [0.2, 0.25) is 5.95 Å². The van der Waals surface area contributed by atoms with E-state index in [1.807, 2.05) is 0 Å². The van der Waals surface area contributed by atoms with E-state index in [2.05, 4.69) is 45.3 Å².